The summed E-state index contributed by atoms with van der Waals surface area (Å²) in [6, 6.07) is 50.0. The van der Waals surface area contributed by atoms with Crippen LogP contribution in [-0.4, -0.2) is 9.97 Å². The summed E-state index contributed by atoms with van der Waals surface area (Å²) in [6.07, 6.45) is 1.94. The molecule has 2 nitrogen and oxygen atoms in total. The van der Waals surface area contributed by atoms with Crippen LogP contribution in [0.15, 0.2) is 146 Å². The maximum atomic E-state index is 5.39. The Morgan fingerprint density at radius 2 is 0.977 bits per heavy atom. The molecule has 0 atom stereocenters. The van der Waals surface area contributed by atoms with Crippen LogP contribution in [0.3, 0.4) is 0 Å². The van der Waals surface area contributed by atoms with Gasteiger partial charge in [0.1, 0.15) is 0 Å². The lowest BCUT2D eigenvalue weighted by atomic mass is 9.91. The summed E-state index contributed by atoms with van der Waals surface area (Å²) >= 11 is 0. The van der Waals surface area contributed by atoms with Crippen molar-refractivity contribution in [1.82, 2.24) is 9.97 Å². The van der Waals surface area contributed by atoms with E-state index in [1.54, 1.807) is 0 Å². The Morgan fingerprint density at radius 1 is 0.409 bits per heavy atom. The van der Waals surface area contributed by atoms with Crippen molar-refractivity contribution in [3.05, 3.63) is 157 Å². The molecule has 8 aromatic rings. The summed E-state index contributed by atoms with van der Waals surface area (Å²) in [6.45, 7) is 4.23. The van der Waals surface area contributed by atoms with Gasteiger partial charge in [0, 0.05) is 16.7 Å². The number of fused-ring (bicyclic) bond motifs is 3. The molecule has 0 bridgehead atoms. The Hall–Kier alpha value is -5.60. The Labute approximate surface area is 257 Å². The zero-order valence-electron chi connectivity index (χ0n) is 24.8. The molecule has 0 fully saturated rings. The predicted molar refractivity (Wildman–Crippen MR) is 186 cm³/mol. The van der Waals surface area contributed by atoms with E-state index in [-0.39, 0.29) is 0 Å². The van der Waals surface area contributed by atoms with E-state index < -0.39 is 0 Å². The second kappa shape index (κ2) is 10.6. The molecule has 0 aliphatic carbocycles. The maximum Gasteiger partial charge on any atom is 0.0979 e. The van der Waals surface area contributed by atoms with Gasteiger partial charge >= 0.3 is 0 Å². The molecule has 0 spiro atoms. The largest absolute Gasteiger partial charge is 0.252 e. The molecule has 0 saturated heterocycles. The quantitative estimate of drug-likeness (QED) is 0.213. The summed E-state index contributed by atoms with van der Waals surface area (Å²) in [5.41, 5.74) is 13.1. The minimum absolute atomic E-state index is 0.860. The summed E-state index contributed by atoms with van der Waals surface area (Å²) in [7, 11) is 0. The summed E-state index contributed by atoms with van der Waals surface area (Å²) in [5, 5.41) is 4.88. The van der Waals surface area contributed by atoms with Gasteiger partial charge in [-0.05, 0) is 69.8 Å². The van der Waals surface area contributed by atoms with Crippen LogP contribution in [0.1, 0.15) is 11.1 Å². The zero-order chi connectivity index (χ0) is 29.6. The van der Waals surface area contributed by atoms with E-state index in [1.807, 2.05) is 6.20 Å². The number of aromatic nitrogens is 2. The molecule has 208 valence electrons. The van der Waals surface area contributed by atoms with Gasteiger partial charge in [0.05, 0.1) is 22.9 Å². The molecular formula is C42H30N2. The fourth-order valence-corrected chi connectivity index (χ4v) is 6.31. The van der Waals surface area contributed by atoms with Gasteiger partial charge in [0.25, 0.3) is 0 Å². The van der Waals surface area contributed by atoms with Gasteiger partial charge in [0.15, 0.2) is 0 Å². The highest BCUT2D eigenvalue weighted by atomic mass is 14.8. The van der Waals surface area contributed by atoms with E-state index in [1.165, 1.54) is 43.8 Å². The van der Waals surface area contributed by atoms with Gasteiger partial charge < -0.3 is 0 Å². The van der Waals surface area contributed by atoms with Crippen molar-refractivity contribution in [1.29, 1.82) is 0 Å². The van der Waals surface area contributed by atoms with Crippen molar-refractivity contribution >= 4 is 32.6 Å². The smallest absolute Gasteiger partial charge is 0.0979 e. The van der Waals surface area contributed by atoms with Gasteiger partial charge in [-0.2, -0.15) is 0 Å². The first kappa shape index (κ1) is 26.1. The number of aryl methyl sites for hydroxylation is 2. The highest BCUT2D eigenvalue weighted by Crippen LogP contribution is 2.39. The molecule has 0 aliphatic rings. The summed E-state index contributed by atoms with van der Waals surface area (Å²) < 4.78 is 0. The molecule has 0 N–H and O–H groups in total. The molecule has 0 radical (unpaired) electrons. The van der Waals surface area contributed by atoms with E-state index in [4.69, 9.17) is 9.97 Å². The second-order valence-corrected chi connectivity index (χ2v) is 11.6. The van der Waals surface area contributed by atoms with Gasteiger partial charge in [0.2, 0.25) is 0 Å². The van der Waals surface area contributed by atoms with Crippen molar-refractivity contribution in [2.45, 2.75) is 13.8 Å². The molecule has 2 heteroatoms. The van der Waals surface area contributed by atoms with E-state index in [2.05, 4.69) is 153 Å². The Kier molecular flexibility index (Phi) is 6.27. The van der Waals surface area contributed by atoms with Crippen LogP contribution in [0, 0.1) is 13.8 Å². The topological polar surface area (TPSA) is 25.8 Å². The lowest BCUT2D eigenvalue weighted by Crippen LogP contribution is -1.95. The van der Waals surface area contributed by atoms with Gasteiger partial charge in [-0.25, -0.2) is 4.98 Å². The molecular weight excluding hydrogens is 532 g/mol. The number of hydrogen-bond acceptors (Lipinski definition) is 2. The molecule has 7 aromatic carbocycles. The first-order valence-corrected chi connectivity index (χ1v) is 15.1. The Balaban J connectivity index is 1.38. The first-order chi connectivity index (χ1) is 21.6. The lowest BCUT2D eigenvalue weighted by Gasteiger charge is -2.15. The van der Waals surface area contributed by atoms with Crippen LogP contribution >= 0.6 is 0 Å². The van der Waals surface area contributed by atoms with Gasteiger partial charge in [-0.1, -0.05) is 139 Å². The molecule has 0 aliphatic heterocycles. The highest BCUT2D eigenvalue weighted by molar-refractivity contribution is 6.07. The lowest BCUT2D eigenvalue weighted by molar-refractivity contribution is 1.29. The van der Waals surface area contributed by atoms with Gasteiger partial charge in [-0.15, -0.1) is 0 Å². The molecule has 8 rings (SSSR count). The van der Waals surface area contributed by atoms with Crippen LogP contribution in [0.4, 0.5) is 0 Å². The predicted octanol–water partition coefficient (Wildman–Crippen LogP) is 11.2. The minimum atomic E-state index is 0.860. The molecule has 44 heavy (non-hydrogen) atoms. The number of hydrogen-bond donors (Lipinski definition) is 0. The average Bonchev–Trinajstić information content (AvgIpc) is 3.08. The van der Waals surface area contributed by atoms with Crippen molar-refractivity contribution in [3.63, 3.8) is 0 Å². The monoisotopic (exact) mass is 562 g/mol. The third kappa shape index (κ3) is 4.53. The first-order valence-electron chi connectivity index (χ1n) is 15.1. The van der Waals surface area contributed by atoms with E-state index in [0.717, 1.165) is 44.5 Å². The molecule has 1 aromatic heterocycles. The third-order valence-corrected chi connectivity index (χ3v) is 8.66. The molecule has 1 heterocycles. The van der Waals surface area contributed by atoms with Crippen molar-refractivity contribution in [2.75, 3.05) is 0 Å². The highest BCUT2D eigenvalue weighted by Gasteiger charge is 2.16. The van der Waals surface area contributed by atoms with Crippen LogP contribution in [0.25, 0.3) is 77.2 Å². The number of benzene rings is 7. The summed E-state index contributed by atoms with van der Waals surface area (Å²) in [4.78, 5) is 10.5. The maximum absolute atomic E-state index is 5.39. The van der Waals surface area contributed by atoms with E-state index >= 15 is 0 Å². The number of nitrogens with zero attached hydrogens (tertiary/aromatic N) is 2. The molecule has 0 saturated carbocycles. The van der Waals surface area contributed by atoms with Crippen molar-refractivity contribution in [3.8, 4) is 44.6 Å². The Bertz CT molecular complexity index is 2330. The Morgan fingerprint density at radius 3 is 1.66 bits per heavy atom. The summed E-state index contributed by atoms with van der Waals surface area (Å²) in [5.74, 6) is 0. The fraction of sp³-hybridized carbons (Fsp3) is 0.0476. The third-order valence-electron chi connectivity index (χ3n) is 8.66. The fourth-order valence-electron chi connectivity index (χ4n) is 6.31. The second-order valence-electron chi connectivity index (χ2n) is 11.6. The van der Waals surface area contributed by atoms with Crippen LogP contribution in [-0.2, 0) is 0 Å². The van der Waals surface area contributed by atoms with Gasteiger partial charge in [-0.3, -0.25) is 4.98 Å². The average molecular weight is 563 g/mol. The SMILES string of the molecule is Cc1ccc(-c2ccc(-c3ccc(C)cc3)c3nc(-c4cc(-c5cccc6ccccc56)c5ccccc5c4)cnc23)cc1. The van der Waals surface area contributed by atoms with Crippen LogP contribution in [0.5, 0.6) is 0 Å². The standard InChI is InChI=1S/C42H30N2/c1-27-14-18-30(19-15-27)36-22-23-37(31-20-16-28(2)17-21-31)42-41(36)43-26-40(44-42)33-24-32-9-4-6-12-35(32)39(25-33)38-13-7-10-29-8-3-5-11-34(29)38/h3-26H,1-2H3. The van der Waals surface area contributed by atoms with Crippen LogP contribution < -0.4 is 0 Å². The molecule has 0 amide bonds. The van der Waals surface area contributed by atoms with E-state index in [0.29, 0.717) is 0 Å². The minimum Gasteiger partial charge on any atom is -0.252 e. The number of rotatable bonds is 4. The van der Waals surface area contributed by atoms with Crippen LogP contribution in [0.2, 0.25) is 0 Å². The van der Waals surface area contributed by atoms with Crippen molar-refractivity contribution < 1.29 is 0 Å². The van der Waals surface area contributed by atoms with Crippen molar-refractivity contribution in [2.24, 2.45) is 0 Å². The zero-order valence-corrected chi connectivity index (χ0v) is 24.8. The van der Waals surface area contributed by atoms with E-state index in [9.17, 15) is 0 Å². The molecule has 0 unspecified atom stereocenters. The normalized spacial score (nSPS) is 11.4.